The molecule has 2 nitrogen and oxygen atoms in total. The maximum atomic E-state index is 12.6. The maximum absolute atomic E-state index is 12.6. The predicted molar refractivity (Wildman–Crippen MR) is 83.9 cm³/mol. The van der Waals surface area contributed by atoms with Gasteiger partial charge in [-0.1, -0.05) is 19.6 Å². The lowest BCUT2D eigenvalue weighted by atomic mass is 10.2. The summed E-state index contributed by atoms with van der Waals surface area (Å²) in [6.07, 6.45) is -2.30. The number of benzene rings is 1. The Morgan fingerprint density at radius 3 is 2.18 bits per heavy atom. The number of alkyl halides is 3. The van der Waals surface area contributed by atoms with Gasteiger partial charge in [0.25, 0.3) is 0 Å². The van der Waals surface area contributed by atoms with Crippen molar-refractivity contribution in [2.24, 2.45) is 0 Å². The highest BCUT2D eigenvalue weighted by atomic mass is 28.3. The minimum absolute atomic E-state index is 0.613. The molecule has 0 atom stereocenters. The second-order valence-corrected chi connectivity index (χ2v) is 11.6. The normalized spacial score (nSPS) is 14.9. The zero-order valence-electron chi connectivity index (χ0n) is 12.8. The molecule has 1 aromatic heterocycles. The molecule has 1 aliphatic rings. The third kappa shape index (κ3) is 2.63. The molecule has 0 spiro atoms. The second-order valence-electron chi connectivity index (χ2n) is 6.61. The smallest absolute Gasteiger partial charge is 0.288 e. The van der Waals surface area contributed by atoms with E-state index in [2.05, 4.69) is 36.3 Å². The van der Waals surface area contributed by atoms with Crippen molar-refractivity contribution in [1.29, 1.82) is 0 Å². The van der Waals surface area contributed by atoms with Gasteiger partial charge in [0.05, 0.1) is 13.6 Å². The summed E-state index contributed by atoms with van der Waals surface area (Å²) in [5.74, 6) is 0. The minimum Gasteiger partial charge on any atom is -0.288 e. The standard InChI is InChI=1S/C16H18F3N2Si/c1-22(2,3)15-9-8-14-10-20(11-21(14)15)13-6-4-12(5-7-13)16(17,18)19/h4-10H,11H2,1-3H3/q+1. The van der Waals surface area contributed by atoms with Crippen molar-refractivity contribution in [3.63, 3.8) is 0 Å². The van der Waals surface area contributed by atoms with Crippen LogP contribution in [-0.2, 0) is 12.8 Å². The lowest BCUT2D eigenvalue weighted by Gasteiger charge is -2.17. The Morgan fingerprint density at radius 1 is 1.00 bits per heavy atom. The summed E-state index contributed by atoms with van der Waals surface area (Å²) in [5, 5.41) is 1.35. The van der Waals surface area contributed by atoms with Crippen LogP contribution in [0.15, 0.2) is 36.4 Å². The maximum Gasteiger partial charge on any atom is 0.416 e. The van der Waals surface area contributed by atoms with Crippen molar-refractivity contribution in [2.45, 2.75) is 32.5 Å². The van der Waals surface area contributed by atoms with Crippen LogP contribution >= 0.6 is 0 Å². The summed E-state index contributed by atoms with van der Waals surface area (Å²) in [5.41, 5.74) is 1.27. The monoisotopic (exact) mass is 323 g/mol. The third-order valence-electron chi connectivity index (χ3n) is 3.89. The van der Waals surface area contributed by atoms with Crippen molar-refractivity contribution < 1.29 is 17.7 Å². The Balaban J connectivity index is 1.89. The topological polar surface area (TPSA) is 7.94 Å². The first kappa shape index (κ1) is 15.1. The van der Waals surface area contributed by atoms with Gasteiger partial charge >= 0.3 is 6.18 Å². The lowest BCUT2D eigenvalue weighted by molar-refractivity contribution is -0.463. The number of hydrogen-bond acceptors (Lipinski definition) is 0. The lowest BCUT2D eigenvalue weighted by Crippen LogP contribution is -2.43. The molecule has 3 rings (SSSR count). The van der Waals surface area contributed by atoms with Gasteiger partial charge in [-0.25, -0.2) is 0 Å². The Labute approximate surface area is 128 Å². The fourth-order valence-electron chi connectivity index (χ4n) is 2.76. The third-order valence-corrected chi connectivity index (χ3v) is 5.86. The van der Waals surface area contributed by atoms with E-state index >= 15 is 0 Å². The van der Waals surface area contributed by atoms with Crippen LogP contribution in [0.2, 0.25) is 19.6 Å². The molecule has 0 amide bonds. The first-order valence-corrected chi connectivity index (χ1v) is 10.6. The molecule has 116 valence electrons. The van der Waals surface area contributed by atoms with E-state index in [1.165, 1.54) is 17.4 Å². The molecule has 1 aliphatic heterocycles. The summed E-state index contributed by atoms with van der Waals surface area (Å²) in [4.78, 5) is 0. The molecular formula is C16H18F3N2Si+. The zero-order valence-corrected chi connectivity index (χ0v) is 13.8. The molecule has 1 aromatic carbocycles. The molecule has 0 saturated heterocycles. The molecule has 0 bridgehead atoms. The summed E-state index contributed by atoms with van der Waals surface area (Å²) in [6.45, 7) is 7.52. The van der Waals surface area contributed by atoms with E-state index in [1.807, 2.05) is 10.8 Å². The highest BCUT2D eigenvalue weighted by Gasteiger charge is 2.32. The first-order chi connectivity index (χ1) is 10.2. The molecule has 0 N–H and O–H groups in total. The molecule has 22 heavy (non-hydrogen) atoms. The molecule has 0 saturated carbocycles. The van der Waals surface area contributed by atoms with Crippen molar-refractivity contribution in [1.82, 2.24) is 4.57 Å². The molecular weight excluding hydrogens is 305 g/mol. The Bertz CT molecular complexity index is 734. The predicted octanol–water partition coefficient (Wildman–Crippen LogP) is 3.79. The fraction of sp³-hybridized carbons (Fsp3) is 0.312. The van der Waals surface area contributed by atoms with Crippen molar-refractivity contribution in [3.8, 4) is 0 Å². The molecule has 0 unspecified atom stereocenters. The van der Waals surface area contributed by atoms with Gasteiger partial charge in [0, 0.05) is 17.4 Å². The number of fused-ring (bicyclic) bond motifs is 1. The van der Waals surface area contributed by atoms with Crippen LogP contribution in [0.1, 0.15) is 11.3 Å². The van der Waals surface area contributed by atoms with E-state index in [9.17, 15) is 13.2 Å². The SMILES string of the molecule is C[Si](C)(C)c1ccc2n1C[N+](c1ccc(C(F)(F)F)cc1)=C2. The van der Waals surface area contributed by atoms with Crippen LogP contribution in [0.5, 0.6) is 0 Å². The van der Waals surface area contributed by atoms with E-state index in [0.717, 1.165) is 23.5 Å². The van der Waals surface area contributed by atoms with Gasteiger partial charge in [-0.05, 0) is 24.3 Å². The van der Waals surface area contributed by atoms with E-state index in [4.69, 9.17) is 0 Å². The van der Waals surface area contributed by atoms with Crippen molar-refractivity contribution in [2.75, 3.05) is 0 Å². The Hall–Kier alpha value is -1.82. The largest absolute Gasteiger partial charge is 0.416 e. The highest BCUT2D eigenvalue weighted by molar-refractivity contribution is 6.88. The Morgan fingerprint density at radius 2 is 1.64 bits per heavy atom. The van der Waals surface area contributed by atoms with Gasteiger partial charge in [-0.3, -0.25) is 4.57 Å². The Kier molecular flexibility index (Phi) is 3.32. The van der Waals surface area contributed by atoms with E-state index < -0.39 is 19.8 Å². The molecule has 6 heteroatoms. The van der Waals surface area contributed by atoms with Crippen LogP contribution in [0.4, 0.5) is 18.9 Å². The zero-order chi connectivity index (χ0) is 16.1. The van der Waals surface area contributed by atoms with E-state index in [-0.39, 0.29) is 0 Å². The second kappa shape index (κ2) is 4.84. The van der Waals surface area contributed by atoms with E-state index in [0.29, 0.717) is 6.67 Å². The van der Waals surface area contributed by atoms with Gasteiger partial charge in [0.2, 0.25) is 12.4 Å². The number of nitrogens with zero attached hydrogens (tertiary/aromatic N) is 2. The quantitative estimate of drug-likeness (QED) is 0.587. The molecule has 2 heterocycles. The summed E-state index contributed by atoms with van der Waals surface area (Å²) >= 11 is 0. The van der Waals surface area contributed by atoms with Crippen LogP contribution in [0.25, 0.3) is 0 Å². The highest BCUT2D eigenvalue weighted by Crippen LogP contribution is 2.30. The summed E-state index contributed by atoms with van der Waals surface area (Å²) in [6, 6.07) is 9.58. The number of rotatable bonds is 2. The van der Waals surface area contributed by atoms with E-state index in [1.54, 1.807) is 0 Å². The van der Waals surface area contributed by atoms with Gasteiger partial charge in [-0.2, -0.15) is 17.7 Å². The van der Waals surface area contributed by atoms with Crippen LogP contribution in [0.3, 0.4) is 0 Å². The van der Waals surface area contributed by atoms with Crippen molar-refractivity contribution >= 4 is 25.3 Å². The summed E-state index contributed by atoms with van der Waals surface area (Å²) < 4.78 is 42.1. The average Bonchev–Trinajstić information content (AvgIpc) is 2.95. The van der Waals surface area contributed by atoms with Gasteiger partial charge < -0.3 is 0 Å². The first-order valence-electron chi connectivity index (χ1n) is 7.15. The van der Waals surface area contributed by atoms with Crippen LogP contribution < -0.4 is 5.32 Å². The molecule has 0 fully saturated rings. The van der Waals surface area contributed by atoms with Gasteiger partial charge in [0.1, 0.15) is 5.69 Å². The molecule has 0 aliphatic carbocycles. The number of hydrogen-bond donors (Lipinski definition) is 0. The average molecular weight is 323 g/mol. The molecule has 2 aromatic rings. The van der Waals surface area contributed by atoms with Crippen LogP contribution in [0, 0.1) is 0 Å². The van der Waals surface area contributed by atoms with Gasteiger partial charge in [0.15, 0.2) is 6.21 Å². The summed E-state index contributed by atoms with van der Waals surface area (Å²) in [7, 11) is -1.43. The fourth-order valence-corrected chi connectivity index (χ4v) is 4.35. The van der Waals surface area contributed by atoms with Crippen LogP contribution in [-0.4, -0.2) is 23.4 Å². The molecule has 0 radical (unpaired) electrons. The number of halogens is 3. The minimum atomic E-state index is -4.29. The van der Waals surface area contributed by atoms with Gasteiger partial charge in [-0.15, -0.1) is 0 Å². The van der Waals surface area contributed by atoms with Crippen molar-refractivity contribution in [3.05, 3.63) is 47.7 Å². The number of aromatic nitrogens is 1.